The first-order valence-electron chi connectivity index (χ1n) is 12.9. The molecule has 0 aliphatic carbocycles. The molecule has 0 saturated carbocycles. The van der Waals surface area contributed by atoms with E-state index >= 15 is 0 Å². The van der Waals surface area contributed by atoms with Crippen LogP contribution < -0.4 is 10.1 Å². The van der Waals surface area contributed by atoms with Crippen LogP contribution in [0, 0.1) is 0 Å². The number of carbonyl (C=O) groups excluding carboxylic acids is 2. The van der Waals surface area contributed by atoms with Gasteiger partial charge in [-0.2, -0.15) is 0 Å². The van der Waals surface area contributed by atoms with Gasteiger partial charge in [0.25, 0.3) is 0 Å². The Bertz CT molecular complexity index is 1490. The number of hydrogen-bond acceptors (Lipinski definition) is 5. The molecule has 2 aliphatic rings. The molecule has 1 N–H and O–H groups in total. The maximum Gasteiger partial charge on any atom is 0.235 e. The molecule has 0 bridgehead atoms. The fourth-order valence-corrected chi connectivity index (χ4v) is 5.95. The monoisotopic (exact) mass is 529 g/mol. The minimum atomic E-state index is -1.14. The summed E-state index contributed by atoms with van der Waals surface area (Å²) >= 11 is 6.41. The average molecular weight is 530 g/mol. The molecule has 2 atom stereocenters. The Morgan fingerprint density at radius 2 is 2.05 bits per heavy atom. The van der Waals surface area contributed by atoms with Gasteiger partial charge < -0.3 is 19.5 Å². The number of ether oxygens (including phenoxy) is 1. The van der Waals surface area contributed by atoms with Crippen molar-refractivity contribution in [1.29, 1.82) is 0 Å². The van der Waals surface area contributed by atoms with E-state index in [-0.39, 0.29) is 24.3 Å². The van der Waals surface area contributed by atoms with E-state index in [2.05, 4.69) is 15.3 Å². The molecule has 6 rings (SSSR count). The number of imidazole rings is 1. The molecular weight excluding hydrogens is 502 g/mol. The van der Waals surface area contributed by atoms with Crippen LogP contribution in [0.4, 0.5) is 5.69 Å². The number of likely N-dealkylation sites (tertiary alicyclic amines) is 1. The summed E-state index contributed by atoms with van der Waals surface area (Å²) in [6, 6.07) is 13.1. The number of pyridine rings is 1. The molecule has 38 heavy (non-hydrogen) atoms. The van der Waals surface area contributed by atoms with Crippen LogP contribution in [-0.2, 0) is 21.5 Å². The van der Waals surface area contributed by atoms with Gasteiger partial charge in [0.1, 0.15) is 5.75 Å². The van der Waals surface area contributed by atoms with Crippen LogP contribution in [0.2, 0.25) is 5.02 Å². The maximum absolute atomic E-state index is 14.3. The predicted molar refractivity (Wildman–Crippen MR) is 145 cm³/mol. The molecular formula is C29H28ClN5O3. The number of benzene rings is 2. The van der Waals surface area contributed by atoms with Crippen LogP contribution in [0.15, 0.2) is 73.6 Å². The van der Waals surface area contributed by atoms with Crippen molar-refractivity contribution in [2.75, 3.05) is 18.5 Å². The molecule has 9 heteroatoms. The topological polar surface area (TPSA) is 89.4 Å². The number of anilines is 1. The Balaban J connectivity index is 1.35. The van der Waals surface area contributed by atoms with Gasteiger partial charge >= 0.3 is 0 Å². The largest absolute Gasteiger partial charge is 0.493 e. The molecule has 8 nitrogen and oxygen atoms in total. The van der Waals surface area contributed by atoms with Crippen molar-refractivity contribution in [1.82, 2.24) is 19.4 Å². The van der Waals surface area contributed by atoms with E-state index < -0.39 is 5.41 Å². The Kier molecular flexibility index (Phi) is 6.49. The van der Waals surface area contributed by atoms with Gasteiger partial charge in [0, 0.05) is 71.9 Å². The summed E-state index contributed by atoms with van der Waals surface area (Å²) in [6.45, 7) is 1.67. The van der Waals surface area contributed by atoms with E-state index in [0.29, 0.717) is 48.1 Å². The Morgan fingerprint density at radius 1 is 1.16 bits per heavy atom. The van der Waals surface area contributed by atoms with Crippen molar-refractivity contribution in [2.45, 2.75) is 43.7 Å². The number of nitrogens with one attached hydrogen (secondary N) is 1. The number of carbonyl (C=O) groups is 2. The van der Waals surface area contributed by atoms with Gasteiger partial charge in [0.2, 0.25) is 11.8 Å². The van der Waals surface area contributed by atoms with E-state index in [1.807, 2.05) is 39.9 Å². The van der Waals surface area contributed by atoms with Crippen molar-refractivity contribution in [3.05, 3.63) is 84.2 Å². The van der Waals surface area contributed by atoms with Crippen molar-refractivity contribution >= 4 is 39.9 Å². The summed E-state index contributed by atoms with van der Waals surface area (Å²) in [4.78, 5) is 38.6. The van der Waals surface area contributed by atoms with Gasteiger partial charge in [0.15, 0.2) is 0 Å². The summed E-state index contributed by atoms with van der Waals surface area (Å²) in [5.74, 6) is 0.267. The molecule has 2 amide bonds. The fraction of sp³-hybridized carbons (Fsp3) is 0.310. The number of hydrogen-bond donors (Lipinski definition) is 1. The van der Waals surface area contributed by atoms with Gasteiger partial charge in [-0.1, -0.05) is 35.9 Å². The summed E-state index contributed by atoms with van der Waals surface area (Å²) in [7, 11) is 0. The van der Waals surface area contributed by atoms with Gasteiger partial charge in [-0.05, 0) is 31.0 Å². The van der Waals surface area contributed by atoms with Crippen LogP contribution in [0.25, 0.3) is 10.8 Å². The SMILES string of the molecule is O=C(C[C@@]1(C(=O)Nc2cncc3ccccc23)CCOc2ccc(Cl)cc21)N1CCC[C@@H]1Cn1ccnc1. The standard InChI is InChI=1S/C29H28ClN5O3/c30-21-7-8-26-24(14-21)29(9-13-38-26,28(37)33-25-17-32-16-20-4-1-2-6-23(20)25)15-27(36)35-11-3-5-22(35)18-34-12-10-31-19-34/h1-2,4,6-8,10,12,14,16-17,19,22H,3,5,9,11,13,15,18H2,(H,33,37)/t22-,29+/m1/s1. The zero-order chi connectivity index (χ0) is 26.1. The second-order valence-corrected chi connectivity index (χ2v) is 10.4. The molecule has 2 aromatic carbocycles. The van der Waals surface area contributed by atoms with E-state index in [4.69, 9.17) is 16.3 Å². The first kappa shape index (κ1) is 24.4. The second kappa shape index (κ2) is 10.1. The van der Waals surface area contributed by atoms with Crippen LogP contribution in [0.3, 0.4) is 0 Å². The van der Waals surface area contributed by atoms with Crippen LogP contribution >= 0.6 is 11.6 Å². The molecule has 2 aliphatic heterocycles. The lowest BCUT2D eigenvalue weighted by molar-refractivity contribution is -0.137. The summed E-state index contributed by atoms with van der Waals surface area (Å²) in [5.41, 5.74) is 0.101. The number of rotatable bonds is 6. The fourth-order valence-electron chi connectivity index (χ4n) is 5.78. The van der Waals surface area contributed by atoms with E-state index in [1.54, 1.807) is 43.1 Å². The number of fused-ring (bicyclic) bond motifs is 2. The molecule has 0 unspecified atom stereocenters. The Hall–Kier alpha value is -3.91. The maximum atomic E-state index is 14.3. The predicted octanol–water partition coefficient (Wildman–Crippen LogP) is 4.83. The van der Waals surface area contributed by atoms with Gasteiger partial charge in [0.05, 0.1) is 30.2 Å². The second-order valence-electron chi connectivity index (χ2n) is 10.0. The molecule has 1 saturated heterocycles. The van der Waals surface area contributed by atoms with Crippen molar-refractivity contribution in [3.63, 3.8) is 0 Å². The van der Waals surface area contributed by atoms with Crippen LogP contribution in [-0.4, -0.2) is 50.4 Å². The zero-order valence-corrected chi connectivity index (χ0v) is 21.6. The third-order valence-corrected chi connectivity index (χ3v) is 7.96. The Labute approximate surface area is 225 Å². The quantitative estimate of drug-likeness (QED) is 0.386. The first-order valence-corrected chi connectivity index (χ1v) is 13.2. The van der Waals surface area contributed by atoms with Gasteiger partial charge in [-0.25, -0.2) is 4.98 Å². The lowest BCUT2D eigenvalue weighted by atomic mass is 9.72. The number of amides is 2. The minimum Gasteiger partial charge on any atom is -0.493 e. The average Bonchev–Trinajstić information content (AvgIpc) is 3.62. The number of nitrogens with zero attached hydrogens (tertiary/aromatic N) is 4. The van der Waals surface area contributed by atoms with E-state index in [0.717, 1.165) is 23.6 Å². The first-order chi connectivity index (χ1) is 18.5. The van der Waals surface area contributed by atoms with Crippen LogP contribution in [0.1, 0.15) is 31.2 Å². The van der Waals surface area contributed by atoms with E-state index in [9.17, 15) is 9.59 Å². The smallest absolute Gasteiger partial charge is 0.235 e. The highest BCUT2D eigenvalue weighted by molar-refractivity contribution is 6.30. The molecule has 4 aromatic rings. The van der Waals surface area contributed by atoms with Crippen molar-refractivity contribution < 1.29 is 14.3 Å². The highest BCUT2D eigenvalue weighted by atomic mass is 35.5. The lowest BCUT2D eigenvalue weighted by Crippen LogP contribution is -2.49. The van der Waals surface area contributed by atoms with E-state index in [1.165, 1.54) is 0 Å². The lowest BCUT2D eigenvalue weighted by Gasteiger charge is -2.39. The van der Waals surface area contributed by atoms with Gasteiger partial charge in [-0.15, -0.1) is 0 Å². The highest BCUT2D eigenvalue weighted by Crippen LogP contribution is 2.44. The molecule has 194 valence electrons. The molecule has 1 fully saturated rings. The summed E-state index contributed by atoms with van der Waals surface area (Å²) in [6.07, 6.45) is 11.1. The summed E-state index contributed by atoms with van der Waals surface area (Å²) < 4.78 is 7.91. The van der Waals surface area contributed by atoms with Crippen LogP contribution in [0.5, 0.6) is 5.75 Å². The highest BCUT2D eigenvalue weighted by Gasteiger charge is 2.48. The van der Waals surface area contributed by atoms with Gasteiger partial charge in [-0.3, -0.25) is 14.6 Å². The van der Waals surface area contributed by atoms with Crippen molar-refractivity contribution in [2.24, 2.45) is 0 Å². The van der Waals surface area contributed by atoms with Crippen molar-refractivity contribution in [3.8, 4) is 5.75 Å². The third-order valence-electron chi connectivity index (χ3n) is 7.73. The summed E-state index contributed by atoms with van der Waals surface area (Å²) in [5, 5.41) is 5.41. The zero-order valence-electron chi connectivity index (χ0n) is 20.8. The normalized spacial score (nSPS) is 20.7. The molecule has 2 aromatic heterocycles. The minimum absolute atomic E-state index is 0.0220. The third kappa shape index (κ3) is 4.49. The molecule has 0 spiro atoms. The molecule has 4 heterocycles. The molecule has 0 radical (unpaired) electrons. The number of halogens is 1. The Morgan fingerprint density at radius 3 is 2.92 bits per heavy atom. The number of aromatic nitrogens is 3.